The number of alkyl halides is 3. The predicted octanol–water partition coefficient (Wildman–Crippen LogP) is 1.54. The minimum atomic E-state index is -4.77. The molecule has 0 bridgehead atoms. The zero-order valence-corrected chi connectivity index (χ0v) is 13.5. The van der Waals surface area contributed by atoms with E-state index in [-0.39, 0.29) is 16.9 Å². The molecule has 25 heavy (non-hydrogen) atoms. The highest BCUT2D eigenvalue weighted by molar-refractivity contribution is 5.76. The van der Waals surface area contributed by atoms with E-state index in [1.165, 1.54) is 35.4 Å². The SMILES string of the molecule is Cn1c(=O)c2c(nc(-c3ccc(OC(F)(F)F)cc3)n2C)n(C)c1=O. The predicted molar refractivity (Wildman–Crippen MR) is 83.3 cm³/mol. The van der Waals surface area contributed by atoms with E-state index < -0.39 is 17.6 Å². The number of halogens is 3. The maximum Gasteiger partial charge on any atom is 0.573 e. The Morgan fingerprint density at radius 3 is 2.12 bits per heavy atom. The van der Waals surface area contributed by atoms with Gasteiger partial charge >= 0.3 is 12.1 Å². The van der Waals surface area contributed by atoms with Crippen LogP contribution in [0.15, 0.2) is 33.9 Å². The molecular weight excluding hydrogens is 341 g/mol. The van der Waals surface area contributed by atoms with Crippen molar-refractivity contribution in [2.75, 3.05) is 0 Å². The second kappa shape index (κ2) is 5.50. The molecule has 0 atom stereocenters. The Morgan fingerprint density at radius 1 is 0.960 bits per heavy atom. The van der Waals surface area contributed by atoms with Crippen molar-refractivity contribution in [3.63, 3.8) is 0 Å². The zero-order chi connectivity index (χ0) is 18.5. The molecule has 0 N–H and O–H groups in total. The van der Waals surface area contributed by atoms with E-state index in [9.17, 15) is 22.8 Å². The molecule has 2 aromatic heterocycles. The van der Waals surface area contributed by atoms with Crippen LogP contribution in [0.5, 0.6) is 5.75 Å². The lowest BCUT2D eigenvalue weighted by molar-refractivity contribution is -0.274. The number of imidazole rings is 1. The summed E-state index contributed by atoms with van der Waals surface area (Å²) in [7, 11) is 4.44. The van der Waals surface area contributed by atoms with Crippen LogP contribution in [0.4, 0.5) is 13.2 Å². The Hall–Kier alpha value is -3.04. The quantitative estimate of drug-likeness (QED) is 0.700. The molecule has 0 aliphatic carbocycles. The first-order valence-corrected chi connectivity index (χ1v) is 7.09. The van der Waals surface area contributed by atoms with Crippen LogP contribution in [-0.2, 0) is 21.1 Å². The van der Waals surface area contributed by atoms with Crippen molar-refractivity contribution in [3.8, 4) is 17.1 Å². The van der Waals surface area contributed by atoms with E-state index in [2.05, 4.69) is 9.72 Å². The smallest absolute Gasteiger partial charge is 0.406 e. The van der Waals surface area contributed by atoms with Gasteiger partial charge in [-0.3, -0.25) is 13.9 Å². The standard InChI is InChI=1S/C15H13F3N4O3/c1-20-10-12(21(2)14(24)22(3)13(10)23)19-11(20)8-4-6-9(7-5-8)25-15(16,17)18/h4-7H,1-3H3. The third kappa shape index (κ3) is 2.79. The van der Waals surface area contributed by atoms with Gasteiger partial charge in [0, 0.05) is 26.7 Å². The lowest BCUT2D eigenvalue weighted by atomic mass is 10.2. The Bertz CT molecular complexity index is 1080. The van der Waals surface area contributed by atoms with Crippen molar-refractivity contribution in [2.45, 2.75) is 6.36 Å². The maximum absolute atomic E-state index is 12.3. The van der Waals surface area contributed by atoms with Gasteiger partial charge in [-0.1, -0.05) is 0 Å². The third-order valence-electron chi connectivity index (χ3n) is 3.82. The molecule has 3 rings (SSSR count). The number of fused-ring (bicyclic) bond motifs is 1. The van der Waals surface area contributed by atoms with Gasteiger partial charge in [0.2, 0.25) is 0 Å². The monoisotopic (exact) mass is 354 g/mol. The molecule has 10 heteroatoms. The molecule has 132 valence electrons. The van der Waals surface area contributed by atoms with Crippen LogP contribution >= 0.6 is 0 Å². The molecule has 3 aromatic rings. The number of ether oxygens (including phenoxy) is 1. The second-order valence-electron chi connectivity index (χ2n) is 5.44. The van der Waals surface area contributed by atoms with Crippen LogP contribution in [0.1, 0.15) is 0 Å². The molecule has 0 amide bonds. The number of benzene rings is 1. The molecule has 0 spiro atoms. The fraction of sp³-hybridized carbons (Fsp3) is 0.267. The van der Waals surface area contributed by atoms with E-state index in [0.717, 1.165) is 16.7 Å². The van der Waals surface area contributed by atoms with Crippen LogP contribution in [-0.4, -0.2) is 25.0 Å². The van der Waals surface area contributed by atoms with Gasteiger partial charge in [-0.15, -0.1) is 13.2 Å². The number of aryl methyl sites for hydroxylation is 2. The Morgan fingerprint density at radius 2 is 1.56 bits per heavy atom. The van der Waals surface area contributed by atoms with Crippen molar-refractivity contribution >= 4 is 11.2 Å². The van der Waals surface area contributed by atoms with Crippen LogP contribution in [0.25, 0.3) is 22.6 Å². The zero-order valence-electron chi connectivity index (χ0n) is 13.5. The van der Waals surface area contributed by atoms with Crippen LogP contribution < -0.4 is 16.0 Å². The van der Waals surface area contributed by atoms with Crippen LogP contribution in [0.3, 0.4) is 0 Å². The van der Waals surface area contributed by atoms with Crippen LogP contribution in [0.2, 0.25) is 0 Å². The first-order valence-electron chi connectivity index (χ1n) is 7.09. The number of nitrogens with zero attached hydrogens (tertiary/aromatic N) is 4. The molecule has 0 radical (unpaired) electrons. The molecule has 0 fully saturated rings. The Labute approximate surface area is 138 Å². The summed E-state index contributed by atoms with van der Waals surface area (Å²) in [4.78, 5) is 28.6. The van der Waals surface area contributed by atoms with Crippen molar-refractivity contribution in [3.05, 3.63) is 45.1 Å². The first-order chi connectivity index (χ1) is 11.6. The van der Waals surface area contributed by atoms with Gasteiger partial charge in [0.25, 0.3) is 5.56 Å². The van der Waals surface area contributed by atoms with E-state index in [4.69, 9.17) is 0 Å². The average molecular weight is 354 g/mol. The van der Waals surface area contributed by atoms with Crippen LogP contribution in [0, 0.1) is 0 Å². The topological polar surface area (TPSA) is 71.1 Å². The number of hydrogen-bond donors (Lipinski definition) is 0. The summed E-state index contributed by atoms with van der Waals surface area (Å²) in [5.41, 5.74) is -0.133. The summed E-state index contributed by atoms with van der Waals surface area (Å²) >= 11 is 0. The summed E-state index contributed by atoms with van der Waals surface area (Å²) in [6.45, 7) is 0. The molecular formula is C15H13F3N4O3. The molecule has 0 saturated heterocycles. The van der Waals surface area contributed by atoms with Gasteiger partial charge in [-0.25, -0.2) is 9.78 Å². The van der Waals surface area contributed by atoms with E-state index in [1.807, 2.05) is 0 Å². The minimum Gasteiger partial charge on any atom is -0.406 e. The first kappa shape index (κ1) is 16.8. The fourth-order valence-corrected chi connectivity index (χ4v) is 2.58. The average Bonchev–Trinajstić information content (AvgIpc) is 2.88. The van der Waals surface area contributed by atoms with E-state index in [0.29, 0.717) is 11.4 Å². The van der Waals surface area contributed by atoms with Crippen molar-refractivity contribution in [1.82, 2.24) is 18.7 Å². The number of hydrogen-bond acceptors (Lipinski definition) is 4. The van der Waals surface area contributed by atoms with Gasteiger partial charge in [-0.2, -0.15) is 0 Å². The summed E-state index contributed by atoms with van der Waals surface area (Å²) in [5.74, 6) is -0.0230. The largest absolute Gasteiger partial charge is 0.573 e. The van der Waals surface area contributed by atoms with Crippen molar-refractivity contribution in [1.29, 1.82) is 0 Å². The molecule has 0 aliphatic heterocycles. The minimum absolute atomic E-state index is 0.196. The van der Waals surface area contributed by atoms with Gasteiger partial charge in [0.1, 0.15) is 11.6 Å². The van der Waals surface area contributed by atoms with Gasteiger partial charge < -0.3 is 9.30 Å². The van der Waals surface area contributed by atoms with E-state index >= 15 is 0 Å². The molecule has 2 heterocycles. The van der Waals surface area contributed by atoms with Gasteiger partial charge in [0.05, 0.1) is 0 Å². The summed E-state index contributed by atoms with van der Waals surface area (Å²) in [6.07, 6.45) is -4.77. The molecule has 0 aliphatic rings. The van der Waals surface area contributed by atoms with Crippen molar-refractivity contribution < 1.29 is 17.9 Å². The highest BCUT2D eigenvalue weighted by Crippen LogP contribution is 2.27. The third-order valence-corrected chi connectivity index (χ3v) is 3.82. The molecule has 1 aromatic carbocycles. The fourth-order valence-electron chi connectivity index (χ4n) is 2.58. The Kier molecular flexibility index (Phi) is 3.70. The number of rotatable bonds is 2. The summed E-state index contributed by atoms with van der Waals surface area (Å²) in [6, 6.07) is 5.09. The highest BCUT2D eigenvalue weighted by Gasteiger charge is 2.31. The Balaban J connectivity index is 2.16. The highest BCUT2D eigenvalue weighted by atomic mass is 19.4. The van der Waals surface area contributed by atoms with E-state index in [1.54, 1.807) is 7.05 Å². The number of aromatic nitrogens is 4. The second-order valence-corrected chi connectivity index (χ2v) is 5.44. The van der Waals surface area contributed by atoms with Crippen molar-refractivity contribution in [2.24, 2.45) is 21.1 Å². The van der Waals surface area contributed by atoms with Gasteiger partial charge in [0.15, 0.2) is 11.2 Å². The normalized spacial score (nSPS) is 11.9. The summed E-state index contributed by atoms with van der Waals surface area (Å²) < 4.78 is 44.2. The van der Waals surface area contributed by atoms with Gasteiger partial charge in [-0.05, 0) is 24.3 Å². The summed E-state index contributed by atoms with van der Waals surface area (Å²) in [5, 5.41) is 0. The lowest BCUT2D eigenvalue weighted by Crippen LogP contribution is -2.37. The molecule has 0 saturated carbocycles. The lowest BCUT2D eigenvalue weighted by Gasteiger charge is -2.09. The molecule has 0 unspecified atom stereocenters. The molecule has 7 nitrogen and oxygen atoms in total. The maximum atomic E-state index is 12.3.